The van der Waals surface area contributed by atoms with Crippen molar-refractivity contribution in [2.24, 2.45) is 5.73 Å². The maximum atomic E-state index is 13.5. The third-order valence-electron chi connectivity index (χ3n) is 2.52. The van der Waals surface area contributed by atoms with Crippen molar-refractivity contribution >= 4 is 11.8 Å². The van der Waals surface area contributed by atoms with E-state index in [0.717, 1.165) is 23.9 Å². The second-order valence-electron chi connectivity index (χ2n) is 4.06. The molecule has 0 amide bonds. The molecule has 0 aliphatic rings. The number of aryl methyl sites for hydroxylation is 1. The fourth-order valence-electron chi connectivity index (χ4n) is 1.55. The van der Waals surface area contributed by atoms with Crippen LogP contribution in [0.5, 0.6) is 0 Å². The van der Waals surface area contributed by atoms with Crippen LogP contribution in [0, 0.1) is 18.6 Å². The molecule has 0 bridgehead atoms. The van der Waals surface area contributed by atoms with Crippen molar-refractivity contribution < 1.29 is 8.78 Å². The van der Waals surface area contributed by atoms with Gasteiger partial charge in [-0.15, -0.1) is 0 Å². The summed E-state index contributed by atoms with van der Waals surface area (Å²) in [6.07, 6.45) is 1.65. The molecule has 2 aromatic rings. The average Bonchev–Trinajstić information content (AvgIpc) is 2.39. The molecule has 0 saturated carbocycles. The first-order valence-electron chi connectivity index (χ1n) is 5.69. The molecule has 2 rings (SSSR count). The highest BCUT2D eigenvalue weighted by Gasteiger charge is 2.13. The summed E-state index contributed by atoms with van der Waals surface area (Å²) < 4.78 is 26.6. The maximum Gasteiger partial charge on any atom is 0.187 e. The highest BCUT2D eigenvalue weighted by molar-refractivity contribution is 7.99. The average molecular weight is 281 g/mol. The number of halogens is 2. The molecule has 100 valence electrons. The van der Waals surface area contributed by atoms with E-state index in [9.17, 15) is 8.78 Å². The third kappa shape index (κ3) is 3.71. The van der Waals surface area contributed by atoms with Crippen LogP contribution in [0.1, 0.15) is 17.3 Å². The van der Waals surface area contributed by atoms with E-state index in [1.807, 2.05) is 6.92 Å². The van der Waals surface area contributed by atoms with E-state index in [0.29, 0.717) is 10.9 Å². The summed E-state index contributed by atoms with van der Waals surface area (Å²) in [5.41, 5.74) is 6.88. The van der Waals surface area contributed by atoms with E-state index < -0.39 is 17.7 Å². The molecule has 1 unspecified atom stereocenters. The number of aromatic nitrogens is 2. The van der Waals surface area contributed by atoms with Gasteiger partial charge in [0.1, 0.15) is 11.6 Å². The quantitative estimate of drug-likeness (QED) is 0.691. The first-order chi connectivity index (χ1) is 9.06. The van der Waals surface area contributed by atoms with E-state index in [2.05, 4.69) is 9.97 Å². The van der Waals surface area contributed by atoms with Crippen LogP contribution in [0.3, 0.4) is 0 Å². The number of benzene rings is 1. The highest BCUT2D eigenvalue weighted by atomic mass is 32.2. The van der Waals surface area contributed by atoms with Gasteiger partial charge in [0.15, 0.2) is 5.16 Å². The van der Waals surface area contributed by atoms with Crippen molar-refractivity contribution in [3.63, 3.8) is 0 Å². The van der Waals surface area contributed by atoms with Crippen molar-refractivity contribution in [2.45, 2.75) is 18.1 Å². The Bertz CT molecular complexity index is 578. The zero-order valence-corrected chi connectivity index (χ0v) is 11.1. The van der Waals surface area contributed by atoms with Gasteiger partial charge < -0.3 is 5.73 Å². The maximum absolute atomic E-state index is 13.5. The van der Waals surface area contributed by atoms with E-state index >= 15 is 0 Å². The zero-order chi connectivity index (χ0) is 13.8. The topological polar surface area (TPSA) is 51.8 Å². The highest BCUT2D eigenvalue weighted by Crippen LogP contribution is 2.23. The molecule has 0 saturated heterocycles. The van der Waals surface area contributed by atoms with E-state index in [4.69, 9.17) is 5.73 Å². The van der Waals surface area contributed by atoms with Gasteiger partial charge in [-0.3, -0.25) is 0 Å². The molecular weight excluding hydrogens is 268 g/mol. The van der Waals surface area contributed by atoms with Crippen molar-refractivity contribution in [1.29, 1.82) is 0 Å². The SMILES string of the molecule is Cc1ccnc(SCC(N)c2cc(F)ccc2F)n1. The predicted molar refractivity (Wildman–Crippen MR) is 70.8 cm³/mol. The van der Waals surface area contributed by atoms with Crippen molar-refractivity contribution in [3.05, 3.63) is 53.4 Å². The lowest BCUT2D eigenvalue weighted by atomic mass is 10.1. The van der Waals surface area contributed by atoms with Gasteiger partial charge in [0.2, 0.25) is 0 Å². The van der Waals surface area contributed by atoms with E-state index in [1.54, 1.807) is 12.3 Å². The summed E-state index contributed by atoms with van der Waals surface area (Å²) in [6.45, 7) is 1.86. The first-order valence-corrected chi connectivity index (χ1v) is 6.68. The van der Waals surface area contributed by atoms with Gasteiger partial charge in [-0.1, -0.05) is 11.8 Å². The van der Waals surface area contributed by atoms with Crippen molar-refractivity contribution in [2.75, 3.05) is 5.75 Å². The Labute approximate surface area is 114 Å². The predicted octanol–water partition coefficient (Wildman–Crippen LogP) is 2.86. The van der Waals surface area contributed by atoms with Gasteiger partial charge in [0.05, 0.1) is 0 Å². The second-order valence-corrected chi connectivity index (χ2v) is 5.05. The molecule has 0 fully saturated rings. The largest absolute Gasteiger partial charge is 0.323 e. The zero-order valence-electron chi connectivity index (χ0n) is 10.3. The van der Waals surface area contributed by atoms with Crippen LogP contribution in [0.25, 0.3) is 0 Å². The fourth-order valence-corrected chi connectivity index (χ4v) is 2.40. The lowest BCUT2D eigenvalue weighted by Gasteiger charge is -2.12. The molecule has 0 aliphatic heterocycles. The molecule has 1 heterocycles. The van der Waals surface area contributed by atoms with E-state index in [1.165, 1.54) is 11.8 Å². The Balaban J connectivity index is 2.05. The minimum atomic E-state index is -0.607. The van der Waals surface area contributed by atoms with Gasteiger partial charge in [-0.25, -0.2) is 18.7 Å². The van der Waals surface area contributed by atoms with Crippen LogP contribution in [-0.4, -0.2) is 15.7 Å². The minimum absolute atomic E-state index is 0.167. The van der Waals surface area contributed by atoms with Crippen LogP contribution in [0.2, 0.25) is 0 Å². The summed E-state index contributed by atoms with van der Waals surface area (Å²) in [5, 5.41) is 0.576. The Hall–Kier alpha value is -1.53. The number of nitrogens with zero attached hydrogens (tertiary/aromatic N) is 2. The van der Waals surface area contributed by atoms with Crippen molar-refractivity contribution in [3.8, 4) is 0 Å². The number of rotatable bonds is 4. The van der Waals surface area contributed by atoms with Gasteiger partial charge in [0.25, 0.3) is 0 Å². The minimum Gasteiger partial charge on any atom is -0.323 e. The number of hydrogen-bond acceptors (Lipinski definition) is 4. The standard InChI is InChI=1S/C13H13F2N3S/c1-8-4-5-17-13(18-8)19-7-12(16)10-6-9(14)2-3-11(10)15/h2-6,12H,7,16H2,1H3. The summed E-state index contributed by atoms with van der Waals surface area (Å²) in [7, 11) is 0. The van der Waals surface area contributed by atoms with Gasteiger partial charge >= 0.3 is 0 Å². The second kappa shape index (κ2) is 6.08. The molecule has 2 N–H and O–H groups in total. The first kappa shape index (κ1) is 13.9. The summed E-state index contributed by atoms with van der Waals surface area (Å²) in [6, 6.07) is 4.46. The molecule has 1 aromatic heterocycles. The Morgan fingerprint density at radius 3 is 2.84 bits per heavy atom. The van der Waals surface area contributed by atoms with Crippen molar-refractivity contribution in [1.82, 2.24) is 9.97 Å². The molecule has 0 aliphatic carbocycles. The Kier molecular flexibility index (Phi) is 4.44. The molecule has 0 radical (unpaired) electrons. The lowest BCUT2D eigenvalue weighted by Crippen LogP contribution is -2.15. The van der Waals surface area contributed by atoms with E-state index in [-0.39, 0.29) is 5.56 Å². The van der Waals surface area contributed by atoms with Crippen LogP contribution in [-0.2, 0) is 0 Å². The summed E-state index contributed by atoms with van der Waals surface area (Å²) in [5.74, 6) is -0.618. The molecule has 3 nitrogen and oxygen atoms in total. The molecule has 6 heteroatoms. The van der Waals surface area contributed by atoms with Gasteiger partial charge in [-0.05, 0) is 31.2 Å². The smallest absolute Gasteiger partial charge is 0.187 e. The number of hydrogen-bond donors (Lipinski definition) is 1. The van der Waals surface area contributed by atoms with Crippen LogP contribution < -0.4 is 5.73 Å². The number of nitrogens with two attached hydrogens (primary N) is 1. The lowest BCUT2D eigenvalue weighted by molar-refractivity contribution is 0.573. The molecule has 0 spiro atoms. The monoisotopic (exact) mass is 281 g/mol. The fraction of sp³-hybridized carbons (Fsp3) is 0.231. The molecule has 1 aromatic carbocycles. The molecule has 1 atom stereocenters. The number of thioether (sulfide) groups is 1. The Morgan fingerprint density at radius 2 is 2.11 bits per heavy atom. The van der Waals surface area contributed by atoms with Gasteiger partial charge in [-0.2, -0.15) is 0 Å². The van der Waals surface area contributed by atoms with Crippen LogP contribution in [0.4, 0.5) is 8.78 Å². The summed E-state index contributed by atoms with van der Waals surface area (Å²) >= 11 is 1.32. The van der Waals surface area contributed by atoms with Crippen LogP contribution >= 0.6 is 11.8 Å². The normalized spacial score (nSPS) is 12.4. The Morgan fingerprint density at radius 1 is 1.32 bits per heavy atom. The molecular formula is C13H13F2N3S. The molecule has 19 heavy (non-hydrogen) atoms. The van der Waals surface area contributed by atoms with Gasteiger partial charge in [0, 0.05) is 29.2 Å². The third-order valence-corrected chi connectivity index (χ3v) is 3.50. The van der Waals surface area contributed by atoms with Crippen LogP contribution in [0.15, 0.2) is 35.6 Å². The summed E-state index contributed by atoms with van der Waals surface area (Å²) in [4.78, 5) is 8.28.